The summed E-state index contributed by atoms with van der Waals surface area (Å²) >= 11 is 0. The van der Waals surface area contributed by atoms with E-state index in [0.717, 1.165) is 0 Å². The number of rotatable bonds is 3. The van der Waals surface area contributed by atoms with E-state index in [-0.39, 0.29) is 25.3 Å². The molecule has 0 aliphatic carbocycles. The van der Waals surface area contributed by atoms with Crippen molar-refractivity contribution in [3.05, 3.63) is 65.4 Å². The lowest BCUT2D eigenvalue weighted by molar-refractivity contribution is -0.143. The molecule has 33 heavy (non-hydrogen) atoms. The van der Waals surface area contributed by atoms with Crippen LogP contribution in [0.15, 0.2) is 48.7 Å². The van der Waals surface area contributed by atoms with Gasteiger partial charge in [-0.2, -0.15) is 26.3 Å². The number of hydrogen-bond acceptors (Lipinski definition) is 4. The van der Waals surface area contributed by atoms with E-state index >= 15 is 0 Å². The molecule has 0 radical (unpaired) electrons. The molecule has 0 bridgehead atoms. The van der Waals surface area contributed by atoms with Gasteiger partial charge >= 0.3 is 12.4 Å². The minimum atomic E-state index is -5.02. The summed E-state index contributed by atoms with van der Waals surface area (Å²) in [5, 5.41) is 0. The molecular formula is C22H17F6N3O2. The first-order valence-corrected chi connectivity index (χ1v) is 9.98. The Hall–Kier alpha value is -3.37. The minimum Gasteiger partial charge on any atom is -0.473 e. The number of fused-ring (bicyclic) bond motifs is 1. The summed E-state index contributed by atoms with van der Waals surface area (Å²) < 4.78 is 84.3. The molecule has 0 atom stereocenters. The molecule has 1 fully saturated rings. The van der Waals surface area contributed by atoms with E-state index in [1.165, 1.54) is 11.1 Å². The zero-order valence-corrected chi connectivity index (χ0v) is 17.0. The predicted octanol–water partition coefficient (Wildman–Crippen LogP) is 5.35. The fraction of sp³-hybridized carbons (Fsp3) is 0.318. The summed E-state index contributed by atoms with van der Waals surface area (Å²) in [7, 11) is 0. The van der Waals surface area contributed by atoms with E-state index in [2.05, 4.69) is 9.97 Å². The van der Waals surface area contributed by atoms with Gasteiger partial charge in [0, 0.05) is 31.5 Å². The highest BCUT2D eigenvalue weighted by Crippen LogP contribution is 2.36. The van der Waals surface area contributed by atoms with Crippen molar-refractivity contribution in [2.45, 2.75) is 31.3 Å². The number of hydrogen-bond donors (Lipinski definition) is 0. The van der Waals surface area contributed by atoms with Crippen LogP contribution in [-0.4, -0.2) is 40.0 Å². The molecule has 1 aliphatic rings. The van der Waals surface area contributed by atoms with Crippen molar-refractivity contribution in [3.63, 3.8) is 0 Å². The zero-order chi connectivity index (χ0) is 23.8. The van der Waals surface area contributed by atoms with E-state index < -0.39 is 35.0 Å². The van der Waals surface area contributed by atoms with Gasteiger partial charge in [0.15, 0.2) is 0 Å². The number of ether oxygens (including phenoxy) is 1. The number of carbonyl (C=O) groups excluding carboxylic acids is 1. The molecule has 5 nitrogen and oxygen atoms in total. The number of piperidine rings is 1. The van der Waals surface area contributed by atoms with Crippen molar-refractivity contribution in [3.8, 4) is 5.88 Å². The summed E-state index contributed by atoms with van der Waals surface area (Å²) in [5.74, 6) is -0.596. The van der Waals surface area contributed by atoms with Gasteiger partial charge in [0.05, 0.1) is 28.4 Å². The number of amides is 1. The van der Waals surface area contributed by atoms with E-state index in [4.69, 9.17) is 4.74 Å². The second kappa shape index (κ2) is 8.53. The zero-order valence-electron chi connectivity index (χ0n) is 17.0. The summed E-state index contributed by atoms with van der Waals surface area (Å²) in [4.78, 5) is 22.5. The van der Waals surface area contributed by atoms with Gasteiger partial charge in [-0.05, 0) is 30.3 Å². The van der Waals surface area contributed by atoms with E-state index in [9.17, 15) is 31.1 Å². The van der Waals surface area contributed by atoms with Crippen molar-refractivity contribution in [2.75, 3.05) is 13.1 Å². The van der Waals surface area contributed by atoms with Crippen LogP contribution in [0.1, 0.15) is 34.3 Å². The van der Waals surface area contributed by atoms with Crippen LogP contribution in [0, 0.1) is 0 Å². The molecule has 2 aromatic carbocycles. The lowest BCUT2D eigenvalue weighted by atomic mass is 10.0. The molecule has 174 valence electrons. The molecule has 0 saturated carbocycles. The smallest absolute Gasteiger partial charge is 0.416 e. The molecule has 11 heteroatoms. The van der Waals surface area contributed by atoms with Crippen LogP contribution in [0.2, 0.25) is 0 Å². The number of likely N-dealkylation sites (tertiary alicyclic amines) is 1. The van der Waals surface area contributed by atoms with E-state index in [1.807, 2.05) is 12.1 Å². The van der Waals surface area contributed by atoms with Crippen LogP contribution >= 0.6 is 0 Å². The Morgan fingerprint density at radius 3 is 2.06 bits per heavy atom. The lowest BCUT2D eigenvalue weighted by Gasteiger charge is -2.32. The van der Waals surface area contributed by atoms with Gasteiger partial charge in [0.1, 0.15) is 6.10 Å². The third kappa shape index (κ3) is 5.18. The van der Waals surface area contributed by atoms with Crippen molar-refractivity contribution in [1.82, 2.24) is 14.9 Å². The monoisotopic (exact) mass is 469 g/mol. The summed E-state index contributed by atoms with van der Waals surface area (Å²) in [5.41, 5.74) is -2.35. The van der Waals surface area contributed by atoms with Gasteiger partial charge in [-0.3, -0.25) is 4.79 Å². The Labute approximate surface area is 184 Å². The molecular weight excluding hydrogens is 452 g/mol. The van der Waals surface area contributed by atoms with Gasteiger partial charge < -0.3 is 9.64 Å². The van der Waals surface area contributed by atoms with Crippen molar-refractivity contribution >= 4 is 16.9 Å². The van der Waals surface area contributed by atoms with Crippen LogP contribution in [0.25, 0.3) is 11.0 Å². The molecule has 0 N–H and O–H groups in total. The fourth-order valence-corrected chi connectivity index (χ4v) is 3.61. The number of para-hydroxylation sites is 2. The maximum absolute atomic E-state index is 13.1. The minimum absolute atomic E-state index is 0.00144. The average Bonchev–Trinajstić information content (AvgIpc) is 2.77. The molecule has 0 unspecified atom stereocenters. The average molecular weight is 469 g/mol. The van der Waals surface area contributed by atoms with Crippen LogP contribution in [0.3, 0.4) is 0 Å². The Balaban J connectivity index is 1.45. The summed E-state index contributed by atoms with van der Waals surface area (Å²) in [6.45, 7) is 0.226. The van der Waals surface area contributed by atoms with Crippen LogP contribution in [-0.2, 0) is 12.4 Å². The number of carbonyl (C=O) groups is 1. The maximum atomic E-state index is 13.1. The van der Waals surface area contributed by atoms with Crippen LogP contribution in [0.4, 0.5) is 26.3 Å². The van der Waals surface area contributed by atoms with Crippen molar-refractivity contribution in [2.24, 2.45) is 0 Å². The first-order chi connectivity index (χ1) is 15.5. The number of benzene rings is 2. The quantitative estimate of drug-likeness (QED) is 0.486. The van der Waals surface area contributed by atoms with Crippen LogP contribution in [0.5, 0.6) is 5.88 Å². The first-order valence-electron chi connectivity index (χ1n) is 9.98. The van der Waals surface area contributed by atoms with Crippen molar-refractivity contribution < 1.29 is 35.9 Å². The van der Waals surface area contributed by atoms with Gasteiger partial charge in [-0.25, -0.2) is 9.97 Å². The third-order valence-corrected chi connectivity index (χ3v) is 5.28. The highest BCUT2D eigenvalue weighted by atomic mass is 19.4. The van der Waals surface area contributed by atoms with Crippen molar-refractivity contribution in [1.29, 1.82) is 0 Å². The molecule has 3 aromatic rings. The Morgan fingerprint density at radius 1 is 0.909 bits per heavy atom. The van der Waals surface area contributed by atoms with E-state index in [0.29, 0.717) is 41.9 Å². The summed E-state index contributed by atoms with van der Waals surface area (Å²) in [6.07, 6.45) is -8.20. The lowest BCUT2D eigenvalue weighted by Crippen LogP contribution is -2.42. The topological polar surface area (TPSA) is 55.3 Å². The summed E-state index contributed by atoms with van der Waals surface area (Å²) in [6, 6.07) is 8.11. The van der Waals surface area contributed by atoms with Gasteiger partial charge in [0.2, 0.25) is 5.88 Å². The number of halogens is 6. The first kappa shape index (κ1) is 22.8. The fourth-order valence-electron chi connectivity index (χ4n) is 3.61. The maximum Gasteiger partial charge on any atom is 0.416 e. The highest BCUT2D eigenvalue weighted by molar-refractivity contribution is 5.94. The number of nitrogens with zero attached hydrogens (tertiary/aromatic N) is 3. The third-order valence-electron chi connectivity index (χ3n) is 5.28. The largest absolute Gasteiger partial charge is 0.473 e. The molecule has 1 aliphatic heterocycles. The van der Waals surface area contributed by atoms with E-state index in [1.54, 1.807) is 12.1 Å². The van der Waals surface area contributed by atoms with Gasteiger partial charge in [0.25, 0.3) is 5.91 Å². The Morgan fingerprint density at radius 2 is 1.48 bits per heavy atom. The SMILES string of the molecule is O=C(c1cc(C(F)(F)F)cc(C(F)(F)F)c1)N1CCC(Oc2cnc3ccccc3n2)CC1. The normalized spacial score (nSPS) is 15.6. The molecule has 1 amide bonds. The van der Waals surface area contributed by atoms with Gasteiger partial charge in [-0.1, -0.05) is 12.1 Å². The highest BCUT2D eigenvalue weighted by Gasteiger charge is 2.38. The van der Waals surface area contributed by atoms with Gasteiger partial charge in [-0.15, -0.1) is 0 Å². The second-order valence-corrected chi connectivity index (χ2v) is 7.60. The predicted molar refractivity (Wildman–Crippen MR) is 106 cm³/mol. The standard InChI is InChI=1S/C22H17F6N3O2/c23-21(24,25)14-9-13(10-15(11-14)22(26,27)28)20(32)31-7-5-16(6-8-31)33-19-12-29-17-3-1-2-4-18(17)30-19/h1-4,9-12,16H,5-8H2. The Kier molecular flexibility index (Phi) is 5.89. The molecule has 2 heterocycles. The second-order valence-electron chi connectivity index (χ2n) is 7.60. The number of alkyl halides is 6. The number of aromatic nitrogens is 2. The molecule has 4 rings (SSSR count). The molecule has 0 spiro atoms. The molecule has 1 aromatic heterocycles. The van der Waals surface area contributed by atoms with Crippen LogP contribution < -0.4 is 4.74 Å². The molecule has 1 saturated heterocycles. The Bertz CT molecular complexity index is 1140.